The molecule has 6 nitrogen and oxygen atoms in total. The van der Waals surface area contributed by atoms with E-state index in [1.54, 1.807) is 17.0 Å². The highest BCUT2D eigenvalue weighted by Crippen LogP contribution is 2.32. The Kier molecular flexibility index (Phi) is 7.15. The predicted octanol–water partition coefficient (Wildman–Crippen LogP) is 4.34. The number of carbonyl (C=O) groups excluding carboxylic acids is 2. The second-order valence-corrected chi connectivity index (χ2v) is 8.32. The number of fused-ring (bicyclic) bond motifs is 1. The van der Waals surface area contributed by atoms with Gasteiger partial charge in [-0.3, -0.25) is 9.59 Å². The number of nitrogens with zero attached hydrogens (tertiary/aromatic N) is 1. The van der Waals surface area contributed by atoms with E-state index in [0.717, 1.165) is 16.7 Å². The van der Waals surface area contributed by atoms with Crippen molar-refractivity contribution in [2.45, 2.75) is 32.5 Å². The number of hydrogen-bond acceptors (Lipinski definition) is 4. The molecule has 3 aromatic carbocycles. The third-order valence-electron chi connectivity index (χ3n) is 5.53. The average Bonchev–Trinajstić information content (AvgIpc) is 3.29. The molecule has 7 heteroatoms. The van der Waals surface area contributed by atoms with Crippen LogP contribution in [0, 0.1) is 0 Å². The van der Waals surface area contributed by atoms with Crippen LogP contribution in [0.15, 0.2) is 72.8 Å². The Morgan fingerprint density at radius 1 is 0.939 bits per heavy atom. The number of ether oxygens (including phenoxy) is 2. The van der Waals surface area contributed by atoms with E-state index in [9.17, 15) is 9.59 Å². The van der Waals surface area contributed by atoms with Crippen LogP contribution in [0.2, 0.25) is 5.02 Å². The lowest BCUT2D eigenvalue weighted by Crippen LogP contribution is -2.49. The minimum atomic E-state index is -0.672. The van der Waals surface area contributed by atoms with Crippen molar-refractivity contribution in [1.82, 2.24) is 10.2 Å². The van der Waals surface area contributed by atoms with Gasteiger partial charge in [-0.1, -0.05) is 60.1 Å². The molecule has 2 amide bonds. The smallest absolute Gasteiger partial charge is 0.243 e. The van der Waals surface area contributed by atoms with E-state index in [4.69, 9.17) is 21.1 Å². The van der Waals surface area contributed by atoms with Gasteiger partial charge in [0.2, 0.25) is 18.6 Å². The molecule has 1 N–H and O–H groups in total. The fraction of sp³-hybridized carbons (Fsp3) is 0.231. The number of hydrogen-bond donors (Lipinski definition) is 1. The Labute approximate surface area is 198 Å². The van der Waals surface area contributed by atoms with Crippen LogP contribution in [-0.2, 0) is 29.1 Å². The van der Waals surface area contributed by atoms with Crippen molar-refractivity contribution in [1.29, 1.82) is 0 Å². The zero-order valence-corrected chi connectivity index (χ0v) is 19.0. The van der Waals surface area contributed by atoms with Crippen molar-refractivity contribution in [3.05, 3.63) is 94.5 Å². The summed E-state index contributed by atoms with van der Waals surface area (Å²) in [5.74, 6) is 0.957. The van der Waals surface area contributed by atoms with Gasteiger partial charge in [0.15, 0.2) is 11.5 Å². The number of nitrogens with one attached hydrogen (secondary N) is 1. The first kappa shape index (κ1) is 22.7. The fourth-order valence-corrected chi connectivity index (χ4v) is 3.89. The molecule has 1 atom stereocenters. The van der Waals surface area contributed by atoms with Crippen molar-refractivity contribution >= 4 is 23.4 Å². The number of benzene rings is 3. The van der Waals surface area contributed by atoms with E-state index >= 15 is 0 Å². The molecule has 33 heavy (non-hydrogen) atoms. The molecule has 1 aliphatic heterocycles. The van der Waals surface area contributed by atoms with E-state index in [2.05, 4.69) is 5.32 Å². The molecular weight excluding hydrogens is 440 g/mol. The minimum Gasteiger partial charge on any atom is -0.454 e. The Morgan fingerprint density at radius 2 is 1.64 bits per heavy atom. The minimum absolute atomic E-state index is 0.177. The fourth-order valence-electron chi connectivity index (χ4n) is 3.77. The summed E-state index contributed by atoms with van der Waals surface area (Å²) in [4.78, 5) is 27.6. The Balaban J connectivity index is 1.53. The molecule has 1 heterocycles. The summed E-state index contributed by atoms with van der Waals surface area (Å²) in [7, 11) is 0. The normalized spacial score (nSPS) is 12.8. The van der Waals surface area contributed by atoms with E-state index in [1.807, 2.05) is 60.7 Å². The average molecular weight is 465 g/mol. The zero-order valence-electron chi connectivity index (χ0n) is 18.3. The molecule has 0 aliphatic carbocycles. The number of halogens is 1. The highest BCUT2D eigenvalue weighted by molar-refractivity contribution is 6.30. The van der Waals surface area contributed by atoms with Gasteiger partial charge in [-0.05, 0) is 41.0 Å². The van der Waals surface area contributed by atoms with Gasteiger partial charge < -0.3 is 19.7 Å². The van der Waals surface area contributed by atoms with Crippen LogP contribution in [0.1, 0.15) is 23.6 Å². The van der Waals surface area contributed by atoms with Crippen LogP contribution in [0.4, 0.5) is 0 Å². The molecule has 0 aromatic heterocycles. The maximum atomic E-state index is 13.4. The maximum absolute atomic E-state index is 13.4. The third-order valence-corrected chi connectivity index (χ3v) is 5.78. The maximum Gasteiger partial charge on any atom is 0.243 e. The van der Waals surface area contributed by atoms with Gasteiger partial charge in [-0.25, -0.2) is 0 Å². The summed E-state index contributed by atoms with van der Waals surface area (Å²) in [5.41, 5.74) is 2.76. The van der Waals surface area contributed by atoms with Crippen LogP contribution in [0.5, 0.6) is 11.5 Å². The predicted molar refractivity (Wildman–Crippen MR) is 126 cm³/mol. The molecule has 0 radical (unpaired) electrons. The summed E-state index contributed by atoms with van der Waals surface area (Å²) < 4.78 is 10.8. The number of carbonyl (C=O) groups is 2. The molecule has 0 saturated carbocycles. The molecule has 0 spiro atoms. The third kappa shape index (κ3) is 5.84. The SMILES string of the molecule is CC(=O)N(Cc1ccc(Cl)cc1)[C@@H](Cc1ccccc1)C(=O)NCc1ccc2c(c1)OCO2. The molecule has 4 rings (SSSR count). The van der Waals surface area contributed by atoms with Crippen molar-refractivity contribution in [2.75, 3.05) is 6.79 Å². The van der Waals surface area contributed by atoms with Gasteiger partial charge >= 0.3 is 0 Å². The Bertz CT molecular complexity index is 1120. The number of rotatable bonds is 8. The van der Waals surface area contributed by atoms with Crippen molar-refractivity contribution in [3.63, 3.8) is 0 Å². The van der Waals surface area contributed by atoms with E-state index in [0.29, 0.717) is 36.0 Å². The van der Waals surface area contributed by atoms with E-state index < -0.39 is 6.04 Å². The largest absolute Gasteiger partial charge is 0.454 e. The van der Waals surface area contributed by atoms with Gasteiger partial charge in [-0.15, -0.1) is 0 Å². The zero-order chi connectivity index (χ0) is 23.2. The monoisotopic (exact) mass is 464 g/mol. The quantitative estimate of drug-likeness (QED) is 0.538. The second-order valence-electron chi connectivity index (χ2n) is 7.88. The van der Waals surface area contributed by atoms with Gasteiger partial charge in [0.1, 0.15) is 6.04 Å². The molecule has 0 saturated heterocycles. The second kappa shape index (κ2) is 10.4. The summed E-state index contributed by atoms with van der Waals surface area (Å²) in [6.07, 6.45) is 0.404. The standard InChI is InChI=1S/C26H25ClN2O4/c1-18(30)29(16-20-7-10-22(27)11-8-20)23(13-19-5-3-2-4-6-19)26(31)28-15-21-9-12-24-25(14-21)33-17-32-24/h2-12,14,23H,13,15-17H2,1H3,(H,28,31)/t23-/m0/s1. The van der Waals surface area contributed by atoms with Crippen LogP contribution in [0.3, 0.4) is 0 Å². The van der Waals surface area contributed by atoms with Crippen LogP contribution in [0.25, 0.3) is 0 Å². The van der Waals surface area contributed by atoms with Crippen LogP contribution >= 0.6 is 11.6 Å². The lowest BCUT2D eigenvalue weighted by molar-refractivity contribution is -0.139. The topological polar surface area (TPSA) is 67.9 Å². The lowest BCUT2D eigenvalue weighted by atomic mass is 10.0. The first-order valence-corrected chi connectivity index (χ1v) is 11.1. The van der Waals surface area contributed by atoms with Crippen LogP contribution < -0.4 is 14.8 Å². The van der Waals surface area contributed by atoms with Crippen molar-refractivity contribution < 1.29 is 19.1 Å². The van der Waals surface area contributed by atoms with Crippen molar-refractivity contribution in [2.24, 2.45) is 0 Å². The van der Waals surface area contributed by atoms with Crippen molar-refractivity contribution in [3.8, 4) is 11.5 Å². The van der Waals surface area contributed by atoms with Gasteiger partial charge in [0.25, 0.3) is 0 Å². The van der Waals surface area contributed by atoms with Gasteiger partial charge in [0.05, 0.1) is 0 Å². The van der Waals surface area contributed by atoms with Gasteiger partial charge in [0, 0.05) is 31.5 Å². The molecular formula is C26H25ClN2O4. The Hall–Kier alpha value is -3.51. The first-order valence-electron chi connectivity index (χ1n) is 10.7. The van der Waals surface area contributed by atoms with Gasteiger partial charge in [-0.2, -0.15) is 0 Å². The van der Waals surface area contributed by atoms with Crippen LogP contribution in [-0.4, -0.2) is 29.5 Å². The summed E-state index contributed by atoms with van der Waals surface area (Å²) in [6.45, 7) is 2.30. The highest BCUT2D eigenvalue weighted by atomic mass is 35.5. The highest BCUT2D eigenvalue weighted by Gasteiger charge is 2.28. The molecule has 0 bridgehead atoms. The lowest BCUT2D eigenvalue weighted by Gasteiger charge is -2.30. The Morgan fingerprint density at radius 3 is 2.36 bits per heavy atom. The summed E-state index contributed by atoms with van der Waals surface area (Å²) in [6, 6.07) is 21.9. The summed E-state index contributed by atoms with van der Waals surface area (Å²) in [5, 5.41) is 3.61. The molecule has 170 valence electrons. The summed E-state index contributed by atoms with van der Waals surface area (Å²) >= 11 is 6.00. The molecule has 0 unspecified atom stereocenters. The van der Waals surface area contributed by atoms with E-state index in [1.165, 1.54) is 6.92 Å². The van der Waals surface area contributed by atoms with E-state index in [-0.39, 0.29) is 18.6 Å². The number of amides is 2. The molecule has 1 aliphatic rings. The first-order chi connectivity index (χ1) is 16.0. The molecule has 0 fully saturated rings. The molecule has 3 aromatic rings.